The normalized spacial score (nSPS) is 22.9. The van der Waals surface area contributed by atoms with Gasteiger partial charge in [0, 0.05) is 25.3 Å². The molecule has 1 aromatic carbocycles. The van der Waals surface area contributed by atoms with Gasteiger partial charge in [0.2, 0.25) is 5.79 Å². The number of aromatic hydroxyl groups is 1. The van der Waals surface area contributed by atoms with Crippen molar-refractivity contribution in [2.75, 3.05) is 0 Å². The molecule has 0 saturated carbocycles. The molecule has 0 unspecified atom stereocenters. The lowest BCUT2D eigenvalue weighted by Gasteiger charge is -2.37. The topological polar surface area (TPSA) is 55.8 Å². The van der Waals surface area contributed by atoms with Gasteiger partial charge in [-0.1, -0.05) is 43.6 Å². The van der Waals surface area contributed by atoms with Crippen LogP contribution in [0.25, 0.3) is 0 Å². The zero-order chi connectivity index (χ0) is 21.3. The van der Waals surface area contributed by atoms with Crippen LogP contribution in [0.3, 0.4) is 0 Å². The van der Waals surface area contributed by atoms with Crippen LogP contribution in [0.15, 0.2) is 29.9 Å². The van der Waals surface area contributed by atoms with E-state index in [1.165, 1.54) is 5.57 Å². The molecule has 2 aliphatic rings. The highest BCUT2D eigenvalue weighted by Gasteiger charge is 2.41. The van der Waals surface area contributed by atoms with Gasteiger partial charge in [0.15, 0.2) is 0 Å². The van der Waals surface area contributed by atoms with Gasteiger partial charge in [-0.3, -0.25) is 0 Å². The highest BCUT2D eigenvalue weighted by molar-refractivity contribution is 5.96. The van der Waals surface area contributed by atoms with E-state index in [2.05, 4.69) is 26.5 Å². The Morgan fingerprint density at radius 2 is 2.03 bits per heavy atom. The van der Waals surface area contributed by atoms with E-state index < -0.39 is 5.79 Å². The van der Waals surface area contributed by atoms with E-state index in [9.17, 15) is 9.90 Å². The fraction of sp³-hybridized carbons (Fsp3) is 0.560. The maximum Gasteiger partial charge on any atom is 0.345 e. The number of phenolic OH excluding ortho intramolecular Hbond substituents is 1. The van der Waals surface area contributed by atoms with E-state index in [1.54, 1.807) is 19.9 Å². The molecule has 1 aromatic rings. The first-order valence-corrected chi connectivity index (χ1v) is 10.8. The molecule has 0 saturated heterocycles. The summed E-state index contributed by atoms with van der Waals surface area (Å²) in [6.45, 7) is 13.9. The van der Waals surface area contributed by atoms with Crippen LogP contribution in [-0.2, 0) is 11.2 Å². The minimum atomic E-state index is -1.07. The van der Waals surface area contributed by atoms with E-state index >= 15 is 0 Å². The molecule has 4 heteroatoms. The second-order valence-electron chi connectivity index (χ2n) is 9.05. The van der Waals surface area contributed by atoms with Crippen LogP contribution < -0.4 is 4.74 Å². The van der Waals surface area contributed by atoms with E-state index in [4.69, 9.17) is 9.47 Å². The SMILES string of the molecule is C=C(C)[C@@H]1CCC(C)=C[C@H]1c1c(O)cc(CCCCC)c2c1OC(C)(C)OC2=O. The Bertz CT molecular complexity index is 847. The zero-order valence-electron chi connectivity index (χ0n) is 18.4. The standard InChI is InChI=1S/C25H34O4/c1-7-8-9-10-17-14-20(26)22(19-13-16(4)11-12-18(19)15(2)3)23-21(17)24(27)29-25(5,6)28-23/h13-14,18-19,26H,2,7-12H2,1,3-6H3/t18-,19+/m0/s1. The van der Waals surface area contributed by atoms with Crippen molar-refractivity contribution in [3.05, 3.63) is 46.6 Å². The van der Waals surface area contributed by atoms with Crippen molar-refractivity contribution in [1.29, 1.82) is 0 Å². The van der Waals surface area contributed by atoms with Gasteiger partial charge in [0.05, 0.1) is 0 Å². The van der Waals surface area contributed by atoms with Gasteiger partial charge in [-0.15, -0.1) is 0 Å². The lowest BCUT2D eigenvalue weighted by atomic mass is 9.73. The third kappa shape index (κ3) is 4.36. The molecule has 0 bridgehead atoms. The highest BCUT2D eigenvalue weighted by atomic mass is 16.7. The minimum absolute atomic E-state index is 0.0682. The number of unbranched alkanes of at least 4 members (excludes halogenated alkanes) is 2. The van der Waals surface area contributed by atoms with Crippen LogP contribution in [0.5, 0.6) is 11.5 Å². The molecule has 29 heavy (non-hydrogen) atoms. The number of benzene rings is 1. The van der Waals surface area contributed by atoms with E-state index in [1.807, 2.05) is 6.92 Å². The Labute approximate surface area is 174 Å². The van der Waals surface area contributed by atoms with Gasteiger partial charge in [0.25, 0.3) is 0 Å². The Morgan fingerprint density at radius 1 is 1.31 bits per heavy atom. The van der Waals surface area contributed by atoms with Crippen molar-refractivity contribution in [2.45, 2.75) is 84.8 Å². The molecule has 0 fully saturated rings. The summed E-state index contributed by atoms with van der Waals surface area (Å²) >= 11 is 0. The average Bonchev–Trinajstić information content (AvgIpc) is 2.60. The molecular formula is C25H34O4. The van der Waals surface area contributed by atoms with Crippen LogP contribution in [0, 0.1) is 5.92 Å². The molecule has 2 atom stereocenters. The van der Waals surface area contributed by atoms with Gasteiger partial charge < -0.3 is 14.6 Å². The Morgan fingerprint density at radius 3 is 2.69 bits per heavy atom. The maximum atomic E-state index is 13.0. The number of carbonyl (C=O) groups excluding carboxylic acids is 1. The van der Waals surface area contributed by atoms with Crippen molar-refractivity contribution in [3.8, 4) is 11.5 Å². The number of esters is 1. The number of fused-ring (bicyclic) bond motifs is 1. The van der Waals surface area contributed by atoms with Crippen molar-refractivity contribution in [3.63, 3.8) is 0 Å². The second kappa shape index (κ2) is 8.25. The summed E-state index contributed by atoms with van der Waals surface area (Å²) in [6.07, 6.45) is 8.02. The third-order valence-corrected chi connectivity index (χ3v) is 6.03. The summed E-state index contributed by atoms with van der Waals surface area (Å²) in [5.41, 5.74) is 4.34. The average molecular weight is 399 g/mol. The number of phenols is 1. The summed E-state index contributed by atoms with van der Waals surface area (Å²) in [6, 6.07) is 1.75. The lowest BCUT2D eigenvalue weighted by Crippen LogP contribution is -2.40. The molecule has 1 aliphatic carbocycles. The fourth-order valence-electron chi connectivity index (χ4n) is 4.57. The number of aryl methyl sites for hydroxylation is 1. The molecule has 0 aromatic heterocycles. The molecule has 158 valence electrons. The monoisotopic (exact) mass is 398 g/mol. The fourth-order valence-corrected chi connectivity index (χ4v) is 4.57. The van der Waals surface area contributed by atoms with Gasteiger partial charge >= 0.3 is 5.97 Å². The van der Waals surface area contributed by atoms with Crippen molar-refractivity contribution in [1.82, 2.24) is 0 Å². The summed E-state index contributed by atoms with van der Waals surface area (Å²) in [5.74, 6) is -0.625. The van der Waals surface area contributed by atoms with Gasteiger partial charge in [0.1, 0.15) is 17.1 Å². The first kappa shape index (κ1) is 21.5. The predicted octanol–water partition coefficient (Wildman–Crippen LogP) is 6.43. The molecule has 1 aliphatic heterocycles. The second-order valence-corrected chi connectivity index (χ2v) is 9.05. The molecule has 0 amide bonds. The number of ether oxygens (including phenoxy) is 2. The van der Waals surface area contributed by atoms with Crippen LogP contribution in [0.1, 0.15) is 94.1 Å². The summed E-state index contributed by atoms with van der Waals surface area (Å²) in [4.78, 5) is 13.0. The van der Waals surface area contributed by atoms with E-state index in [0.717, 1.165) is 43.2 Å². The number of allylic oxidation sites excluding steroid dienone is 3. The zero-order valence-corrected chi connectivity index (χ0v) is 18.4. The van der Waals surface area contributed by atoms with Gasteiger partial charge in [-0.05, 0) is 57.1 Å². The van der Waals surface area contributed by atoms with Crippen LogP contribution in [0.2, 0.25) is 0 Å². The molecule has 3 rings (SSSR count). The van der Waals surface area contributed by atoms with Crippen molar-refractivity contribution in [2.24, 2.45) is 5.92 Å². The Hall–Kier alpha value is -2.23. The first-order chi connectivity index (χ1) is 13.6. The van der Waals surface area contributed by atoms with Crippen LogP contribution in [0.4, 0.5) is 0 Å². The Kier molecular flexibility index (Phi) is 6.11. The lowest BCUT2D eigenvalue weighted by molar-refractivity contribution is -0.128. The molecule has 4 nitrogen and oxygen atoms in total. The van der Waals surface area contributed by atoms with Crippen LogP contribution >= 0.6 is 0 Å². The maximum absolute atomic E-state index is 13.0. The molecule has 1 heterocycles. The summed E-state index contributed by atoms with van der Waals surface area (Å²) < 4.78 is 11.8. The number of rotatable bonds is 6. The first-order valence-electron chi connectivity index (χ1n) is 10.8. The largest absolute Gasteiger partial charge is 0.507 e. The molecule has 0 radical (unpaired) electrons. The Balaban J connectivity index is 2.20. The third-order valence-electron chi connectivity index (χ3n) is 6.03. The highest BCUT2D eigenvalue weighted by Crippen LogP contribution is 2.50. The quantitative estimate of drug-likeness (QED) is 0.341. The summed E-state index contributed by atoms with van der Waals surface area (Å²) in [7, 11) is 0. The van der Waals surface area contributed by atoms with Crippen LogP contribution in [-0.4, -0.2) is 16.9 Å². The molecule has 0 spiro atoms. The smallest absolute Gasteiger partial charge is 0.345 e. The van der Waals surface area contributed by atoms with Gasteiger partial charge in [-0.25, -0.2) is 4.79 Å². The van der Waals surface area contributed by atoms with Crippen molar-refractivity contribution >= 4 is 5.97 Å². The van der Waals surface area contributed by atoms with Gasteiger partial charge in [-0.2, -0.15) is 0 Å². The number of hydrogen-bond donors (Lipinski definition) is 1. The molecule has 1 N–H and O–H groups in total. The predicted molar refractivity (Wildman–Crippen MR) is 115 cm³/mol. The number of hydrogen-bond acceptors (Lipinski definition) is 4. The molecular weight excluding hydrogens is 364 g/mol. The minimum Gasteiger partial charge on any atom is -0.507 e. The summed E-state index contributed by atoms with van der Waals surface area (Å²) in [5, 5.41) is 11.1. The van der Waals surface area contributed by atoms with E-state index in [0.29, 0.717) is 23.3 Å². The van der Waals surface area contributed by atoms with Crippen molar-refractivity contribution < 1.29 is 19.4 Å². The van der Waals surface area contributed by atoms with E-state index in [-0.39, 0.29) is 23.6 Å². The number of cyclic esters (lactones) is 1. The number of carbonyl (C=O) groups is 1.